The largest absolute Gasteiger partial charge is 0.462 e. The van der Waals surface area contributed by atoms with Gasteiger partial charge in [-0.25, -0.2) is 4.79 Å². The molecule has 98 valence electrons. The van der Waals surface area contributed by atoms with Crippen LogP contribution in [0.25, 0.3) is 0 Å². The van der Waals surface area contributed by atoms with E-state index in [9.17, 15) is 14.7 Å². The molecule has 0 bridgehead atoms. The molecule has 0 fully saturated rings. The van der Waals surface area contributed by atoms with Crippen molar-refractivity contribution >= 4 is 27.7 Å². The molecule has 0 aliphatic carbocycles. The highest BCUT2D eigenvalue weighted by atomic mass is 79.9. The van der Waals surface area contributed by atoms with Crippen molar-refractivity contribution in [3.05, 3.63) is 34.9 Å². The van der Waals surface area contributed by atoms with Crippen molar-refractivity contribution in [1.29, 1.82) is 0 Å². The summed E-state index contributed by atoms with van der Waals surface area (Å²) in [5.74, 6) is -0.548. The molecule has 18 heavy (non-hydrogen) atoms. The van der Waals surface area contributed by atoms with E-state index in [0.717, 1.165) is 0 Å². The van der Waals surface area contributed by atoms with Gasteiger partial charge < -0.3 is 9.84 Å². The van der Waals surface area contributed by atoms with Crippen molar-refractivity contribution in [2.45, 2.75) is 25.3 Å². The Hall–Kier alpha value is -1.20. The number of rotatable bonds is 5. The van der Waals surface area contributed by atoms with Crippen LogP contribution in [-0.2, 0) is 16.1 Å². The Balaban J connectivity index is 3.17. The fourth-order valence-electron chi connectivity index (χ4n) is 1.52. The molecule has 1 unspecified atom stereocenters. The third kappa shape index (κ3) is 3.40. The van der Waals surface area contributed by atoms with Gasteiger partial charge in [0, 0.05) is 0 Å². The Labute approximate surface area is 114 Å². The van der Waals surface area contributed by atoms with Gasteiger partial charge in [0.2, 0.25) is 0 Å². The molecule has 1 N–H and O–H groups in total. The van der Waals surface area contributed by atoms with Crippen LogP contribution in [0.3, 0.4) is 0 Å². The lowest BCUT2D eigenvalue weighted by Gasteiger charge is -2.11. The van der Waals surface area contributed by atoms with Crippen molar-refractivity contribution in [2.75, 3.05) is 6.61 Å². The summed E-state index contributed by atoms with van der Waals surface area (Å²) in [6.45, 7) is 3.19. The number of carbonyl (C=O) groups is 2. The molecule has 5 heteroatoms. The second kappa shape index (κ2) is 6.66. The van der Waals surface area contributed by atoms with E-state index in [4.69, 9.17) is 4.74 Å². The van der Waals surface area contributed by atoms with E-state index in [0.29, 0.717) is 16.7 Å². The van der Waals surface area contributed by atoms with Crippen molar-refractivity contribution in [3.8, 4) is 0 Å². The Morgan fingerprint density at radius 2 is 2.11 bits per heavy atom. The predicted octanol–water partition coefficient (Wildman–Crippen LogP) is 2.38. The smallest absolute Gasteiger partial charge is 0.338 e. The van der Waals surface area contributed by atoms with Crippen molar-refractivity contribution in [2.24, 2.45) is 0 Å². The fraction of sp³-hybridized carbons (Fsp3) is 0.385. The van der Waals surface area contributed by atoms with E-state index >= 15 is 0 Å². The second-order valence-electron chi connectivity index (χ2n) is 3.77. The number of ketones is 1. The number of esters is 1. The molecule has 0 heterocycles. The normalized spacial score (nSPS) is 12.0. The van der Waals surface area contributed by atoms with E-state index < -0.39 is 10.8 Å². The lowest BCUT2D eigenvalue weighted by atomic mass is 10.0. The molecule has 0 spiro atoms. The minimum atomic E-state index is -0.494. The number of halogens is 1. The summed E-state index contributed by atoms with van der Waals surface area (Å²) in [7, 11) is 0. The maximum absolute atomic E-state index is 11.7. The van der Waals surface area contributed by atoms with Crippen LogP contribution in [0.1, 0.15) is 40.2 Å². The van der Waals surface area contributed by atoms with Crippen molar-refractivity contribution in [1.82, 2.24) is 0 Å². The van der Waals surface area contributed by atoms with Gasteiger partial charge in [-0.3, -0.25) is 4.79 Å². The summed E-state index contributed by atoms with van der Waals surface area (Å²) in [6, 6.07) is 4.90. The number of aliphatic hydroxyl groups is 1. The number of aliphatic hydroxyl groups excluding tert-OH is 1. The summed E-state index contributed by atoms with van der Waals surface area (Å²) in [5.41, 5.74) is 1.45. The molecule has 0 radical (unpaired) electrons. The van der Waals surface area contributed by atoms with Gasteiger partial charge in [0.1, 0.15) is 5.78 Å². The Morgan fingerprint density at radius 1 is 1.44 bits per heavy atom. The number of benzene rings is 1. The minimum Gasteiger partial charge on any atom is -0.462 e. The number of hydrogen-bond donors (Lipinski definition) is 1. The molecule has 0 saturated carbocycles. The maximum Gasteiger partial charge on any atom is 0.338 e. The molecular weight excluding hydrogens is 300 g/mol. The highest BCUT2D eigenvalue weighted by Crippen LogP contribution is 2.26. The molecule has 0 amide bonds. The third-order valence-electron chi connectivity index (χ3n) is 2.45. The topological polar surface area (TPSA) is 63.6 Å². The van der Waals surface area contributed by atoms with Crippen LogP contribution in [0.15, 0.2) is 18.2 Å². The van der Waals surface area contributed by atoms with Gasteiger partial charge in [0.15, 0.2) is 0 Å². The second-order valence-corrected chi connectivity index (χ2v) is 4.68. The fourth-order valence-corrected chi connectivity index (χ4v) is 1.81. The van der Waals surface area contributed by atoms with Crippen LogP contribution in [0.2, 0.25) is 0 Å². The van der Waals surface area contributed by atoms with Gasteiger partial charge in [-0.2, -0.15) is 0 Å². The van der Waals surface area contributed by atoms with Crippen LogP contribution in [0, 0.1) is 0 Å². The first kappa shape index (κ1) is 14.9. The molecule has 1 aromatic carbocycles. The molecule has 1 aromatic rings. The molecule has 1 atom stereocenters. The number of Topliss-reactive ketones (excluding diaryl/α,β-unsaturated/α-hetero) is 1. The van der Waals surface area contributed by atoms with Gasteiger partial charge in [-0.15, -0.1) is 0 Å². The van der Waals surface area contributed by atoms with E-state index in [2.05, 4.69) is 15.9 Å². The first-order valence-corrected chi connectivity index (χ1v) is 6.48. The van der Waals surface area contributed by atoms with Gasteiger partial charge >= 0.3 is 5.97 Å². The molecule has 0 aliphatic heterocycles. The summed E-state index contributed by atoms with van der Waals surface area (Å²) in [6.07, 6.45) is 0. The summed E-state index contributed by atoms with van der Waals surface area (Å²) in [4.78, 5) is 22.6. The summed E-state index contributed by atoms with van der Waals surface area (Å²) in [5, 5.41) is 9.19. The summed E-state index contributed by atoms with van der Waals surface area (Å²) < 4.78 is 4.92. The SMILES string of the molecule is CCOC(=O)c1cc(C(Br)C(C)=O)ccc1CO. The van der Waals surface area contributed by atoms with Crippen LogP contribution >= 0.6 is 15.9 Å². The molecule has 0 saturated heterocycles. The molecular formula is C13H15BrO4. The standard InChI is InChI=1S/C13H15BrO4/c1-3-18-13(17)11-6-9(12(14)8(2)16)4-5-10(11)7-15/h4-6,12,15H,3,7H2,1-2H3. The van der Waals surface area contributed by atoms with E-state index in [1.54, 1.807) is 25.1 Å². The number of carbonyl (C=O) groups excluding carboxylic acids is 2. The summed E-state index contributed by atoms with van der Waals surface area (Å²) >= 11 is 3.25. The number of ether oxygens (including phenoxy) is 1. The number of alkyl halides is 1. The Kier molecular flexibility index (Phi) is 5.50. The highest BCUT2D eigenvalue weighted by molar-refractivity contribution is 9.09. The zero-order valence-electron chi connectivity index (χ0n) is 10.3. The van der Waals surface area contributed by atoms with Crippen LogP contribution in [0.5, 0.6) is 0 Å². The molecule has 1 rings (SSSR count). The average Bonchev–Trinajstić information content (AvgIpc) is 2.37. The quantitative estimate of drug-likeness (QED) is 0.669. The van der Waals surface area contributed by atoms with Gasteiger partial charge in [-0.1, -0.05) is 28.1 Å². The monoisotopic (exact) mass is 314 g/mol. The average molecular weight is 315 g/mol. The van der Waals surface area contributed by atoms with Gasteiger partial charge in [0.05, 0.1) is 23.6 Å². The van der Waals surface area contributed by atoms with Crippen molar-refractivity contribution in [3.63, 3.8) is 0 Å². The Bertz CT molecular complexity index is 456. The number of hydrogen-bond acceptors (Lipinski definition) is 4. The molecule has 0 aromatic heterocycles. The van der Waals surface area contributed by atoms with Crippen LogP contribution < -0.4 is 0 Å². The molecule has 0 aliphatic rings. The maximum atomic E-state index is 11.7. The van der Waals surface area contributed by atoms with Gasteiger partial charge in [-0.05, 0) is 31.0 Å². The highest BCUT2D eigenvalue weighted by Gasteiger charge is 2.18. The first-order chi connectivity index (χ1) is 8.51. The lowest BCUT2D eigenvalue weighted by molar-refractivity contribution is -0.116. The third-order valence-corrected chi connectivity index (χ3v) is 3.62. The van der Waals surface area contributed by atoms with Crippen LogP contribution in [-0.4, -0.2) is 23.5 Å². The van der Waals surface area contributed by atoms with Crippen molar-refractivity contribution < 1.29 is 19.4 Å². The first-order valence-electron chi connectivity index (χ1n) is 5.56. The van der Waals surface area contributed by atoms with E-state index in [1.165, 1.54) is 6.92 Å². The molecule has 4 nitrogen and oxygen atoms in total. The zero-order valence-corrected chi connectivity index (χ0v) is 11.9. The Morgan fingerprint density at radius 3 is 2.61 bits per heavy atom. The van der Waals surface area contributed by atoms with Crippen LogP contribution in [0.4, 0.5) is 0 Å². The van der Waals surface area contributed by atoms with E-state index in [-0.39, 0.29) is 19.0 Å². The minimum absolute atomic E-state index is 0.0541. The lowest BCUT2D eigenvalue weighted by Crippen LogP contribution is -2.10. The predicted molar refractivity (Wildman–Crippen MR) is 70.7 cm³/mol. The van der Waals surface area contributed by atoms with E-state index in [1.807, 2.05) is 0 Å². The van der Waals surface area contributed by atoms with Gasteiger partial charge in [0.25, 0.3) is 0 Å². The zero-order chi connectivity index (χ0) is 13.7.